The van der Waals surface area contributed by atoms with Gasteiger partial charge in [-0.25, -0.2) is 4.98 Å². The lowest BCUT2D eigenvalue weighted by Crippen LogP contribution is -2.28. The summed E-state index contributed by atoms with van der Waals surface area (Å²) in [5.74, 6) is 2.88. The summed E-state index contributed by atoms with van der Waals surface area (Å²) in [5.41, 5.74) is 3.86. The second-order valence-corrected chi connectivity index (χ2v) is 6.84. The van der Waals surface area contributed by atoms with Gasteiger partial charge in [-0.05, 0) is 63.6 Å². The SMILES string of the molecule is CNCc1c(C)cc(C)nc1N1CCCC(C(C)C)CC1. The zero-order valence-corrected chi connectivity index (χ0v) is 14.4. The third kappa shape index (κ3) is 3.97. The predicted octanol–water partition coefficient (Wildman–Crippen LogP) is 3.68. The Balaban J connectivity index is 2.24. The zero-order valence-electron chi connectivity index (χ0n) is 14.4. The molecule has 0 spiro atoms. The van der Waals surface area contributed by atoms with E-state index < -0.39 is 0 Å². The summed E-state index contributed by atoms with van der Waals surface area (Å²) in [5, 5.41) is 3.30. The van der Waals surface area contributed by atoms with Crippen molar-refractivity contribution in [3.8, 4) is 0 Å². The first-order chi connectivity index (χ1) is 10.0. The summed E-state index contributed by atoms with van der Waals surface area (Å²) in [7, 11) is 2.01. The first-order valence-electron chi connectivity index (χ1n) is 8.39. The lowest BCUT2D eigenvalue weighted by molar-refractivity contribution is 0.351. The van der Waals surface area contributed by atoms with Gasteiger partial charge in [-0.15, -0.1) is 0 Å². The van der Waals surface area contributed by atoms with E-state index in [1.54, 1.807) is 0 Å². The van der Waals surface area contributed by atoms with E-state index in [0.29, 0.717) is 0 Å². The van der Waals surface area contributed by atoms with Gasteiger partial charge in [0.1, 0.15) is 5.82 Å². The normalized spacial score (nSPS) is 19.9. The van der Waals surface area contributed by atoms with E-state index in [9.17, 15) is 0 Å². The molecule has 0 bridgehead atoms. The largest absolute Gasteiger partial charge is 0.356 e. The smallest absolute Gasteiger partial charge is 0.133 e. The fourth-order valence-corrected chi connectivity index (χ4v) is 3.50. The molecule has 1 unspecified atom stereocenters. The van der Waals surface area contributed by atoms with Gasteiger partial charge in [-0.1, -0.05) is 13.8 Å². The van der Waals surface area contributed by atoms with Gasteiger partial charge in [0.05, 0.1) is 0 Å². The highest BCUT2D eigenvalue weighted by atomic mass is 15.2. The third-order valence-electron chi connectivity index (χ3n) is 4.82. The van der Waals surface area contributed by atoms with E-state index in [1.165, 1.54) is 36.2 Å². The Hall–Kier alpha value is -1.09. The first-order valence-corrected chi connectivity index (χ1v) is 8.39. The molecule has 1 aromatic heterocycles. The van der Waals surface area contributed by atoms with Crippen molar-refractivity contribution < 1.29 is 0 Å². The van der Waals surface area contributed by atoms with Crippen molar-refractivity contribution in [1.29, 1.82) is 0 Å². The lowest BCUT2D eigenvalue weighted by atomic mass is 9.89. The van der Waals surface area contributed by atoms with Crippen LogP contribution in [0.15, 0.2) is 6.07 Å². The molecule has 1 aromatic rings. The number of nitrogens with zero attached hydrogens (tertiary/aromatic N) is 2. The number of rotatable bonds is 4. The minimum atomic E-state index is 0.800. The molecule has 2 heterocycles. The van der Waals surface area contributed by atoms with Crippen molar-refractivity contribution in [2.75, 3.05) is 25.0 Å². The van der Waals surface area contributed by atoms with Crippen LogP contribution in [0.5, 0.6) is 0 Å². The van der Waals surface area contributed by atoms with Crippen molar-refractivity contribution >= 4 is 5.82 Å². The minimum Gasteiger partial charge on any atom is -0.356 e. The summed E-state index contributed by atoms with van der Waals surface area (Å²) in [6.45, 7) is 12.2. The average molecular weight is 289 g/mol. The molecule has 2 rings (SSSR count). The Morgan fingerprint density at radius 2 is 2.05 bits per heavy atom. The molecule has 118 valence electrons. The predicted molar refractivity (Wildman–Crippen MR) is 90.9 cm³/mol. The Labute approximate surface area is 130 Å². The highest BCUT2D eigenvalue weighted by Gasteiger charge is 2.22. The molecule has 0 saturated carbocycles. The quantitative estimate of drug-likeness (QED) is 0.916. The maximum Gasteiger partial charge on any atom is 0.133 e. The van der Waals surface area contributed by atoms with Gasteiger partial charge in [-0.3, -0.25) is 0 Å². The van der Waals surface area contributed by atoms with E-state index >= 15 is 0 Å². The van der Waals surface area contributed by atoms with Gasteiger partial charge in [-0.2, -0.15) is 0 Å². The van der Waals surface area contributed by atoms with E-state index in [4.69, 9.17) is 4.98 Å². The summed E-state index contributed by atoms with van der Waals surface area (Å²) in [4.78, 5) is 7.40. The van der Waals surface area contributed by atoms with Crippen LogP contribution in [-0.4, -0.2) is 25.1 Å². The molecule has 0 aromatic carbocycles. The molecule has 1 N–H and O–H groups in total. The van der Waals surface area contributed by atoms with Crippen LogP contribution >= 0.6 is 0 Å². The van der Waals surface area contributed by atoms with Crippen molar-refractivity contribution in [2.24, 2.45) is 11.8 Å². The van der Waals surface area contributed by atoms with Gasteiger partial charge < -0.3 is 10.2 Å². The number of anilines is 1. The van der Waals surface area contributed by atoms with Gasteiger partial charge in [0.25, 0.3) is 0 Å². The molecule has 0 aliphatic carbocycles. The highest BCUT2D eigenvalue weighted by Crippen LogP contribution is 2.29. The fourth-order valence-electron chi connectivity index (χ4n) is 3.50. The summed E-state index contributed by atoms with van der Waals surface area (Å²) < 4.78 is 0. The molecule has 1 saturated heterocycles. The molecule has 1 atom stereocenters. The first kappa shape index (κ1) is 16.3. The average Bonchev–Trinajstić information content (AvgIpc) is 2.67. The molecule has 3 nitrogen and oxygen atoms in total. The van der Waals surface area contributed by atoms with E-state index in [1.807, 2.05) is 7.05 Å². The summed E-state index contributed by atoms with van der Waals surface area (Å²) in [6.07, 6.45) is 3.95. The van der Waals surface area contributed by atoms with Crippen molar-refractivity contribution in [2.45, 2.75) is 53.5 Å². The lowest BCUT2D eigenvalue weighted by Gasteiger charge is -2.26. The summed E-state index contributed by atoms with van der Waals surface area (Å²) >= 11 is 0. The van der Waals surface area contributed by atoms with Crippen LogP contribution in [0.1, 0.15) is 49.9 Å². The number of aromatic nitrogens is 1. The molecular formula is C18H31N3. The maximum absolute atomic E-state index is 4.87. The molecule has 3 heteroatoms. The molecule has 0 radical (unpaired) electrons. The molecule has 21 heavy (non-hydrogen) atoms. The van der Waals surface area contributed by atoms with Crippen LogP contribution in [0, 0.1) is 25.7 Å². The van der Waals surface area contributed by atoms with Crippen LogP contribution in [0.3, 0.4) is 0 Å². The van der Waals surface area contributed by atoms with Gasteiger partial charge >= 0.3 is 0 Å². The number of pyridine rings is 1. The summed E-state index contributed by atoms with van der Waals surface area (Å²) in [6, 6.07) is 2.20. The minimum absolute atomic E-state index is 0.800. The Kier molecular flexibility index (Phi) is 5.63. The molecule has 1 aliphatic rings. The Bertz CT molecular complexity index is 468. The maximum atomic E-state index is 4.87. The Morgan fingerprint density at radius 1 is 1.29 bits per heavy atom. The van der Waals surface area contributed by atoms with Crippen molar-refractivity contribution in [1.82, 2.24) is 10.3 Å². The molecular weight excluding hydrogens is 258 g/mol. The number of aryl methyl sites for hydroxylation is 2. The zero-order chi connectivity index (χ0) is 15.4. The van der Waals surface area contributed by atoms with Crippen LogP contribution < -0.4 is 10.2 Å². The number of hydrogen-bond donors (Lipinski definition) is 1. The molecule has 1 fully saturated rings. The standard InChI is InChI=1S/C18H31N3/c1-13(2)16-7-6-9-21(10-8-16)18-17(12-19-5)14(3)11-15(4)20-18/h11,13,16,19H,6-10,12H2,1-5H3. The van der Waals surface area contributed by atoms with Gasteiger partial charge in [0, 0.05) is 30.9 Å². The Morgan fingerprint density at radius 3 is 2.71 bits per heavy atom. The third-order valence-corrected chi connectivity index (χ3v) is 4.82. The highest BCUT2D eigenvalue weighted by molar-refractivity contribution is 5.51. The topological polar surface area (TPSA) is 28.2 Å². The van der Waals surface area contributed by atoms with Crippen LogP contribution in [0.25, 0.3) is 0 Å². The monoisotopic (exact) mass is 289 g/mol. The van der Waals surface area contributed by atoms with Gasteiger partial charge in [0.15, 0.2) is 0 Å². The van der Waals surface area contributed by atoms with Crippen molar-refractivity contribution in [3.05, 3.63) is 22.9 Å². The molecule has 1 aliphatic heterocycles. The van der Waals surface area contributed by atoms with Gasteiger partial charge in [0.2, 0.25) is 0 Å². The fraction of sp³-hybridized carbons (Fsp3) is 0.722. The van der Waals surface area contributed by atoms with E-state index in [0.717, 1.165) is 37.2 Å². The number of hydrogen-bond acceptors (Lipinski definition) is 3. The van der Waals surface area contributed by atoms with E-state index in [2.05, 4.69) is 44.0 Å². The number of nitrogens with one attached hydrogen (secondary N) is 1. The second-order valence-electron chi connectivity index (χ2n) is 6.84. The van der Waals surface area contributed by atoms with E-state index in [-0.39, 0.29) is 0 Å². The molecule has 0 amide bonds. The van der Waals surface area contributed by atoms with Crippen LogP contribution in [-0.2, 0) is 6.54 Å². The van der Waals surface area contributed by atoms with Crippen molar-refractivity contribution in [3.63, 3.8) is 0 Å². The van der Waals surface area contributed by atoms with Crippen LogP contribution in [0.4, 0.5) is 5.82 Å². The second kappa shape index (κ2) is 7.26. The van der Waals surface area contributed by atoms with Crippen LogP contribution in [0.2, 0.25) is 0 Å².